The van der Waals surface area contributed by atoms with Crippen molar-refractivity contribution in [3.05, 3.63) is 24.5 Å². The highest BCUT2D eigenvalue weighted by molar-refractivity contribution is 5.99. The van der Waals surface area contributed by atoms with E-state index in [1.54, 1.807) is 12.4 Å². The smallest absolute Gasteiger partial charge is 0.246 e. The molecule has 0 spiro atoms. The number of rotatable bonds is 1. The second-order valence-corrected chi connectivity index (χ2v) is 4.15. The van der Waals surface area contributed by atoms with Crippen molar-refractivity contribution in [1.29, 1.82) is 0 Å². The van der Waals surface area contributed by atoms with Gasteiger partial charge in [0.05, 0.1) is 18.6 Å². The van der Waals surface area contributed by atoms with Gasteiger partial charge in [0.25, 0.3) is 0 Å². The number of carbonyl (C=O) groups excluding carboxylic acids is 1. The van der Waals surface area contributed by atoms with Gasteiger partial charge in [0.15, 0.2) is 0 Å². The molecule has 1 aromatic heterocycles. The molecule has 1 unspecified atom stereocenters. The molecule has 2 saturated heterocycles. The number of fused-ring (bicyclic) bond motifs is 1. The van der Waals surface area contributed by atoms with Crippen LogP contribution < -0.4 is 10.2 Å². The standard InChI is InChI=1S/C11H14N4O/c16-11-10-7-13-4-5-14(10)8-15(11)9-2-1-3-12-6-9/h1-3,6,10,13H,4-5,7-8H2. The van der Waals surface area contributed by atoms with Crippen LogP contribution in [0.4, 0.5) is 5.69 Å². The van der Waals surface area contributed by atoms with Gasteiger partial charge < -0.3 is 5.32 Å². The lowest BCUT2D eigenvalue weighted by atomic mass is 10.2. The summed E-state index contributed by atoms with van der Waals surface area (Å²) in [6, 6.07) is 3.79. The molecule has 5 heteroatoms. The Morgan fingerprint density at radius 3 is 3.19 bits per heavy atom. The average Bonchev–Trinajstić information content (AvgIpc) is 2.69. The Kier molecular flexibility index (Phi) is 2.34. The summed E-state index contributed by atoms with van der Waals surface area (Å²) in [6.07, 6.45) is 3.46. The molecular weight excluding hydrogens is 204 g/mol. The zero-order valence-electron chi connectivity index (χ0n) is 8.97. The first-order chi connectivity index (χ1) is 7.86. The van der Waals surface area contributed by atoms with Crippen LogP contribution in [0.2, 0.25) is 0 Å². The quantitative estimate of drug-likeness (QED) is 0.700. The fourth-order valence-electron chi connectivity index (χ4n) is 2.31. The van der Waals surface area contributed by atoms with Crippen molar-refractivity contribution in [2.75, 3.05) is 31.2 Å². The third-order valence-corrected chi connectivity index (χ3v) is 3.19. The van der Waals surface area contributed by atoms with E-state index in [0.717, 1.165) is 25.3 Å². The van der Waals surface area contributed by atoms with Crippen molar-refractivity contribution in [3.63, 3.8) is 0 Å². The second kappa shape index (κ2) is 3.84. The number of aromatic nitrogens is 1. The van der Waals surface area contributed by atoms with Crippen molar-refractivity contribution in [1.82, 2.24) is 15.2 Å². The molecule has 5 nitrogen and oxygen atoms in total. The van der Waals surface area contributed by atoms with Crippen molar-refractivity contribution in [2.45, 2.75) is 6.04 Å². The topological polar surface area (TPSA) is 48.5 Å². The van der Waals surface area contributed by atoms with Gasteiger partial charge in [0.1, 0.15) is 6.04 Å². The lowest BCUT2D eigenvalue weighted by molar-refractivity contribution is -0.119. The predicted octanol–water partition coefficient (Wildman–Crippen LogP) is -0.340. The van der Waals surface area contributed by atoms with E-state index in [9.17, 15) is 4.79 Å². The maximum absolute atomic E-state index is 12.2. The van der Waals surface area contributed by atoms with Gasteiger partial charge in [-0.05, 0) is 12.1 Å². The minimum absolute atomic E-state index is 0.00829. The number of nitrogens with one attached hydrogen (secondary N) is 1. The molecule has 0 aromatic carbocycles. The maximum Gasteiger partial charge on any atom is 0.246 e. The van der Waals surface area contributed by atoms with E-state index in [2.05, 4.69) is 15.2 Å². The highest BCUT2D eigenvalue weighted by Crippen LogP contribution is 2.22. The van der Waals surface area contributed by atoms with Crippen LogP contribution in [0.3, 0.4) is 0 Å². The Hall–Kier alpha value is -1.46. The maximum atomic E-state index is 12.2. The summed E-state index contributed by atoms with van der Waals surface area (Å²) in [5.41, 5.74) is 0.891. The van der Waals surface area contributed by atoms with Gasteiger partial charge in [0.2, 0.25) is 5.91 Å². The Morgan fingerprint density at radius 2 is 2.44 bits per heavy atom. The highest BCUT2D eigenvalue weighted by atomic mass is 16.2. The van der Waals surface area contributed by atoms with E-state index >= 15 is 0 Å². The van der Waals surface area contributed by atoms with E-state index in [0.29, 0.717) is 6.67 Å². The number of nitrogens with zero attached hydrogens (tertiary/aromatic N) is 3. The number of anilines is 1. The normalized spacial score (nSPS) is 25.9. The Labute approximate surface area is 94.1 Å². The zero-order valence-corrected chi connectivity index (χ0v) is 8.97. The lowest BCUT2D eigenvalue weighted by Crippen LogP contribution is -2.50. The molecule has 3 heterocycles. The molecule has 2 fully saturated rings. The molecule has 1 atom stereocenters. The number of hydrogen-bond donors (Lipinski definition) is 1. The summed E-state index contributed by atoms with van der Waals surface area (Å²) < 4.78 is 0. The molecule has 1 N–H and O–H groups in total. The van der Waals surface area contributed by atoms with Gasteiger partial charge in [-0.2, -0.15) is 0 Å². The fraction of sp³-hybridized carbons (Fsp3) is 0.455. The van der Waals surface area contributed by atoms with Crippen LogP contribution in [0.1, 0.15) is 0 Å². The van der Waals surface area contributed by atoms with Gasteiger partial charge in [-0.1, -0.05) is 0 Å². The van der Waals surface area contributed by atoms with Gasteiger partial charge >= 0.3 is 0 Å². The Bertz CT molecular complexity index is 394. The monoisotopic (exact) mass is 218 g/mol. The van der Waals surface area contributed by atoms with Crippen LogP contribution in [0.5, 0.6) is 0 Å². The molecule has 0 bridgehead atoms. The number of amides is 1. The first-order valence-corrected chi connectivity index (χ1v) is 5.52. The van der Waals surface area contributed by atoms with Gasteiger partial charge in [-0.25, -0.2) is 0 Å². The third kappa shape index (κ3) is 1.48. The average molecular weight is 218 g/mol. The van der Waals surface area contributed by atoms with E-state index in [4.69, 9.17) is 0 Å². The first kappa shape index (κ1) is 9.74. The van der Waals surface area contributed by atoms with E-state index in [-0.39, 0.29) is 11.9 Å². The van der Waals surface area contributed by atoms with Crippen LogP contribution in [-0.2, 0) is 4.79 Å². The number of piperazine rings is 1. The van der Waals surface area contributed by atoms with Crippen LogP contribution >= 0.6 is 0 Å². The van der Waals surface area contributed by atoms with Crippen molar-refractivity contribution < 1.29 is 4.79 Å². The summed E-state index contributed by atoms with van der Waals surface area (Å²) in [7, 11) is 0. The fourth-order valence-corrected chi connectivity index (χ4v) is 2.31. The van der Waals surface area contributed by atoms with Gasteiger partial charge in [-0.15, -0.1) is 0 Å². The van der Waals surface area contributed by atoms with Crippen LogP contribution in [-0.4, -0.2) is 48.1 Å². The largest absolute Gasteiger partial charge is 0.313 e. The molecule has 1 aromatic rings. The molecular formula is C11H14N4O. The highest BCUT2D eigenvalue weighted by Gasteiger charge is 2.40. The third-order valence-electron chi connectivity index (χ3n) is 3.19. The summed E-state index contributed by atoms with van der Waals surface area (Å²) in [5.74, 6) is 0.181. The van der Waals surface area contributed by atoms with Crippen LogP contribution in [0.25, 0.3) is 0 Å². The molecule has 84 valence electrons. The number of pyridine rings is 1. The van der Waals surface area contributed by atoms with Crippen LogP contribution in [0, 0.1) is 0 Å². The molecule has 0 aliphatic carbocycles. The van der Waals surface area contributed by atoms with Gasteiger partial charge in [-0.3, -0.25) is 19.6 Å². The van der Waals surface area contributed by atoms with E-state index in [1.807, 2.05) is 17.0 Å². The summed E-state index contributed by atoms with van der Waals surface area (Å²) in [4.78, 5) is 20.2. The minimum Gasteiger partial charge on any atom is -0.313 e. The van der Waals surface area contributed by atoms with Crippen LogP contribution in [0.15, 0.2) is 24.5 Å². The number of carbonyl (C=O) groups is 1. The second-order valence-electron chi connectivity index (χ2n) is 4.15. The molecule has 0 saturated carbocycles. The molecule has 2 aliphatic rings. The van der Waals surface area contributed by atoms with Crippen molar-refractivity contribution in [3.8, 4) is 0 Å². The molecule has 0 radical (unpaired) electrons. The summed E-state index contributed by atoms with van der Waals surface area (Å²) in [5, 5.41) is 3.25. The van der Waals surface area contributed by atoms with E-state index < -0.39 is 0 Å². The van der Waals surface area contributed by atoms with Crippen molar-refractivity contribution in [2.24, 2.45) is 0 Å². The summed E-state index contributed by atoms with van der Waals surface area (Å²) in [6.45, 7) is 3.35. The van der Waals surface area contributed by atoms with Gasteiger partial charge in [0, 0.05) is 25.8 Å². The predicted molar refractivity (Wildman–Crippen MR) is 60.0 cm³/mol. The first-order valence-electron chi connectivity index (χ1n) is 5.52. The minimum atomic E-state index is 0.00829. The summed E-state index contributed by atoms with van der Waals surface area (Å²) >= 11 is 0. The number of hydrogen-bond acceptors (Lipinski definition) is 4. The Morgan fingerprint density at radius 1 is 1.50 bits per heavy atom. The molecule has 2 aliphatic heterocycles. The molecule has 16 heavy (non-hydrogen) atoms. The lowest BCUT2D eigenvalue weighted by Gasteiger charge is -2.26. The zero-order chi connectivity index (χ0) is 11.0. The van der Waals surface area contributed by atoms with Crippen molar-refractivity contribution >= 4 is 11.6 Å². The molecule has 1 amide bonds. The Balaban J connectivity index is 1.86. The SMILES string of the molecule is O=C1C2CNCCN2CN1c1cccnc1. The molecule has 3 rings (SSSR count). The van der Waals surface area contributed by atoms with E-state index in [1.165, 1.54) is 0 Å².